The second-order valence-electron chi connectivity index (χ2n) is 8.41. The highest BCUT2D eigenvalue weighted by Crippen LogP contribution is 2.50. The third kappa shape index (κ3) is 5.93. The predicted molar refractivity (Wildman–Crippen MR) is 128 cm³/mol. The van der Waals surface area contributed by atoms with E-state index in [1.165, 1.54) is 6.66 Å². The molecule has 1 aliphatic rings. The fourth-order valence-corrected chi connectivity index (χ4v) is 5.29. The third-order valence-electron chi connectivity index (χ3n) is 5.45. The van der Waals surface area contributed by atoms with Crippen molar-refractivity contribution in [3.05, 3.63) is 47.0 Å². The second-order valence-corrected chi connectivity index (χ2v) is 10.5. The van der Waals surface area contributed by atoms with Gasteiger partial charge >= 0.3 is 13.5 Å². The fraction of sp³-hybridized carbons (Fsp3) is 0.480. The Morgan fingerprint density at radius 1 is 1.22 bits per heavy atom. The zero-order valence-corrected chi connectivity index (χ0v) is 20.6. The Bertz CT molecular complexity index is 1020. The number of carbonyl (C=O) groups excluding carboxylic acids is 1. The number of aryl methyl sites for hydroxylation is 2. The van der Waals surface area contributed by atoms with E-state index in [0.717, 1.165) is 59.3 Å². The van der Waals surface area contributed by atoms with Gasteiger partial charge in [-0.15, -0.1) is 0 Å². The first kappa shape index (κ1) is 24.3. The van der Waals surface area contributed by atoms with Gasteiger partial charge in [-0.05, 0) is 62.4 Å². The molecule has 174 valence electrons. The maximum absolute atomic E-state index is 13.4. The third-order valence-corrected chi connectivity index (χ3v) is 6.85. The molecule has 0 saturated heterocycles. The molecule has 0 bridgehead atoms. The van der Waals surface area contributed by atoms with Gasteiger partial charge < -0.3 is 14.0 Å². The van der Waals surface area contributed by atoms with Gasteiger partial charge in [-0.25, -0.2) is 5.09 Å². The van der Waals surface area contributed by atoms with Gasteiger partial charge in [0, 0.05) is 6.66 Å². The van der Waals surface area contributed by atoms with Crippen molar-refractivity contribution in [2.45, 2.75) is 66.0 Å². The van der Waals surface area contributed by atoms with E-state index >= 15 is 0 Å². The Hall–Kier alpha value is -2.30. The van der Waals surface area contributed by atoms with E-state index in [4.69, 9.17) is 14.0 Å². The summed E-state index contributed by atoms with van der Waals surface area (Å²) >= 11 is 0. The number of fused-ring (bicyclic) bond motifs is 3. The second kappa shape index (κ2) is 10.5. The van der Waals surface area contributed by atoms with Crippen LogP contribution >= 0.6 is 7.52 Å². The summed E-state index contributed by atoms with van der Waals surface area (Å²) in [5.74, 6) is 0.790. The Labute approximate surface area is 191 Å². The standard InChI is InChI=1S/C25H34NO5P/c1-6-8-9-10-19-14-22-24(21-13-17(3)11-12-20(21)16-30-22)23(15-19)31-32(5,28)26-18(4)25(27)29-7-2/h11-15,18H,6-10,16H2,1-5H3,(H,26,28)/t18-,32?/m0/s1. The summed E-state index contributed by atoms with van der Waals surface area (Å²) in [6, 6.07) is 9.50. The van der Waals surface area contributed by atoms with Gasteiger partial charge in [0.1, 0.15) is 24.1 Å². The lowest BCUT2D eigenvalue weighted by Gasteiger charge is -2.27. The van der Waals surface area contributed by atoms with Crippen LogP contribution in [0.2, 0.25) is 0 Å². The molecule has 0 saturated carbocycles. The van der Waals surface area contributed by atoms with E-state index < -0.39 is 19.5 Å². The molecule has 0 aliphatic carbocycles. The number of carbonyl (C=O) groups is 1. The van der Waals surface area contributed by atoms with Crippen molar-refractivity contribution in [3.63, 3.8) is 0 Å². The minimum absolute atomic E-state index is 0.264. The van der Waals surface area contributed by atoms with Crippen LogP contribution in [0, 0.1) is 6.92 Å². The largest absolute Gasteiger partial charge is 0.488 e. The molecule has 6 nitrogen and oxygen atoms in total. The van der Waals surface area contributed by atoms with Crippen molar-refractivity contribution >= 4 is 13.5 Å². The molecule has 7 heteroatoms. The lowest BCUT2D eigenvalue weighted by atomic mass is 9.92. The average molecular weight is 460 g/mol. The summed E-state index contributed by atoms with van der Waals surface area (Å²) in [4.78, 5) is 12.0. The maximum atomic E-state index is 13.4. The number of benzene rings is 2. The summed E-state index contributed by atoms with van der Waals surface area (Å²) in [5, 5.41) is 2.82. The highest BCUT2D eigenvalue weighted by molar-refractivity contribution is 7.56. The van der Waals surface area contributed by atoms with Crippen LogP contribution < -0.4 is 14.3 Å². The molecule has 2 aromatic carbocycles. The van der Waals surface area contributed by atoms with Crippen molar-refractivity contribution in [2.24, 2.45) is 0 Å². The number of hydrogen-bond donors (Lipinski definition) is 1. The normalized spacial score (nSPS) is 15.0. The van der Waals surface area contributed by atoms with E-state index in [1.807, 2.05) is 13.0 Å². The number of ether oxygens (including phenoxy) is 2. The summed E-state index contributed by atoms with van der Waals surface area (Å²) in [6.07, 6.45) is 4.23. The molecule has 2 aromatic rings. The van der Waals surface area contributed by atoms with Gasteiger partial charge in [0.15, 0.2) is 0 Å². The smallest absolute Gasteiger partial charge is 0.323 e. The molecule has 1 N–H and O–H groups in total. The summed E-state index contributed by atoms with van der Waals surface area (Å²) in [7, 11) is -3.38. The molecule has 0 amide bonds. The first-order valence-electron chi connectivity index (χ1n) is 11.3. The molecule has 1 aliphatic heterocycles. The molecular formula is C25H34NO5P. The lowest BCUT2D eigenvalue weighted by molar-refractivity contribution is -0.144. The van der Waals surface area contributed by atoms with Crippen molar-refractivity contribution in [3.8, 4) is 22.6 Å². The topological polar surface area (TPSA) is 73.9 Å². The maximum Gasteiger partial charge on any atom is 0.323 e. The van der Waals surface area contributed by atoms with Crippen LogP contribution in [-0.2, 0) is 27.1 Å². The monoisotopic (exact) mass is 459 g/mol. The highest BCUT2D eigenvalue weighted by Gasteiger charge is 2.29. The first-order chi connectivity index (χ1) is 15.2. The Morgan fingerprint density at radius 3 is 2.72 bits per heavy atom. The first-order valence-corrected chi connectivity index (χ1v) is 13.4. The average Bonchev–Trinajstić information content (AvgIpc) is 2.73. The molecule has 2 atom stereocenters. The van der Waals surface area contributed by atoms with Crippen LogP contribution in [0.4, 0.5) is 0 Å². The van der Waals surface area contributed by atoms with Crippen molar-refractivity contribution < 1.29 is 23.4 Å². The fourth-order valence-electron chi connectivity index (χ4n) is 3.91. The quantitative estimate of drug-likeness (QED) is 0.266. The van der Waals surface area contributed by atoms with Gasteiger partial charge in [-0.2, -0.15) is 0 Å². The van der Waals surface area contributed by atoms with Gasteiger partial charge in [0.2, 0.25) is 0 Å². The van der Waals surface area contributed by atoms with Crippen LogP contribution in [0.5, 0.6) is 11.5 Å². The lowest BCUT2D eigenvalue weighted by Crippen LogP contribution is -2.34. The molecule has 1 unspecified atom stereocenters. The van der Waals surface area contributed by atoms with E-state index in [9.17, 15) is 9.36 Å². The Balaban J connectivity index is 1.98. The van der Waals surface area contributed by atoms with Crippen LogP contribution in [0.1, 0.15) is 56.7 Å². The highest BCUT2D eigenvalue weighted by atomic mass is 31.2. The summed E-state index contributed by atoms with van der Waals surface area (Å²) in [6.45, 7) is 9.82. The zero-order chi connectivity index (χ0) is 23.3. The van der Waals surface area contributed by atoms with Crippen LogP contribution in [0.25, 0.3) is 11.1 Å². The SMILES string of the molecule is CCCCCc1cc2c(c(OP(C)(=O)N[C@@H](C)C(=O)OCC)c1)-c1cc(C)ccc1CO2. The molecule has 32 heavy (non-hydrogen) atoms. The Morgan fingerprint density at radius 2 is 2.00 bits per heavy atom. The number of hydrogen-bond acceptors (Lipinski definition) is 5. The van der Waals surface area contributed by atoms with Crippen LogP contribution in [-0.4, -0.2) is 25.3 Å². The number of nitrogens with one attached hydrogen (secondary N) is 1. The van der Waals surface area contributed by atoms with Gasteiger partial charge in [0.25, 0.3) is 0 Å². The predicted octanol–water partition coefficient (Wildman–Crippen LogP) is 6.03. The number of esters is 1. The molecule has 0 aromatic heterocycles. The zero-order valence-electron chi connectivity index (χ0n) is 19.7. The minimum atomic E-state index is -3.38. The molecule has 0 fully saturated rings. The molecule has 1 heterocycles. The summed E-state index contributed by atoms with van der Waals surface area (Å²) < 4.78 is 30.6. The van der Waals surface area contributed by atoms with Crippen molar-refractivity contribution in [1.29, 1.82) is 0 Å². The van der Waals surface area contributed by atoms with E-state index in [2.05, 4.69) is 36.3 Å². The van der Waals surface area contributed by atoms with Crippen molar-refractivity contribution in [1.82, 2.24) is 5.09 Å². The van der Waals surface area contributed by atoms with Gasteiger partial charge in [-0.1, -0.05) is 43.5 Å². The Kier molecular flexibility index (Phi) is 8.02. The molecule has 3 rings (SSSR count). The van der Waals surface area contributed by atoms with Gasteiger partial charge in [-0.3, -0.25) is 9.36 Å². The van der Waals surface area contributed by atoms with E-state index in [-0.39, 0.29) is 6.61 Å². The van der Waals surface area contributed by atoms with E-state index in [1.54, 1.807) is 13.8 Å². The summed E-state index contributed by atoms with van der Waals surface area (Å²) in [5.41, 5.74) is 5.11. The molecule has 0 radical (unpaired) electrons. The minimum Gasteiger partial charge on any atom is -0.488 e. The number of rotatable bonds is 10. The molecular weight excluding hydrogens is 425 g/mol. The van der Waals surface area contributed by atoms with Gasteiger partial charge in [0.05, 0.1) is 12.2 Å². The molecule has 0 spiro atoms. The number of unbranched alkanes of at least 4 members (excludes halogenated alkanes) is 2. The van der Waals surface area contributed by atoms with Crippen molar-refractivity contribution in [2.75, 3.05) is 13.3 Å². The van der Waals surface area contributed by atoms with Crippen LogP contribution in [0.3, 0.4) is 0 Å². The van der Waals surface area contributed by atoms with Crippen LogP contribution in [0.15, 0.2) is 30.3 Å². The van der Waals surface area contributed by atoms with E-state index in [0.29, 0.717) is 12.4 Å².